The van der Waals surface area contributed by atoms with E-state index in [1.165, 1.54) is 6.07 Å². The van der Waals surface area contributed by atoms with Gasteiger partial charge in [0.1, 0.15) is 5.76 Å². The zero-order valence-electron chi connectivity index (χ0n) is 13.4. The van der Waals surface area contributed by atoms with Crippen LogP contribution in [0.5, 0.6) is 0 Å². The third-order valence-electron chi connectivity index (χ3n) is 4.17. The van der Waals surface area contributed by atoms with Crippen molar-refractivity contribution in [3.63, 3.8) is 0 Å². The van der Waals surface area contributed by atoms with Crippen LogP contribution in [-0.2, 0) is 6.42 Å². The fourth-order valence-corrected chi connectivity index (χ4v) is 2.99. The van der Waals surface area contributed by atoms with Crippen molar-refractivity contribution in [2.24, 2.45) is 0 Å². The first kappa shape index (κ1) is 16.0. The molecule has 0 aliphatic heterocycles. The monoisotopic (exact) mass is 327 g/mol. The highest BCUT2D eigenvalue weighted by atomic mass is 16.4. The number of fused-ring (bicyclic) bond motifs is 1. The van der Waals surface area contributed by atoms with Crippen LogP contribution in [0.25, 0.3) is 0 Å². The molecule has 2 aromatic rings. The van der Waals surface area contributed by atoms with Crippen LogP contribution in [-0.4, -0.2) is 22.8 Å². The number of hydrogen-bond donors (Lipinski definition) is 2. The minimum atomic E-state index is -1.13. The minimum absolute atomic E-state index is 0.00778. The van der Waals surface area contributed by atoms with Crippen molar-refractivity contribution in [2.75, 3.05) is 5.32 Å². The molecule has 0 saturated heterocycles. The molecule has 124 valence electrons. The Morgan fingerprint density at radius 1 is 1.21 bits per heavy atom. The summed E-state index contributed by atoms with van der Waals surface area (Å²) in [5, 5.41) is 11.9. The number of Topliss-reactive ketones (excluding diaryl/α,β-unsaturated/α-hetero) is 1. The van der Waals surface area contributed by atoms with E-state index in [-0.39, 0.29) is 22.8 Å². The van der Waals surface area contributed by atoms with Crippen LogP contribution in [0.1, 0.15) is 61.0 Å². The smallest absolute Gasteiger partial charge is 0.337 e. The highest BCUT2D eigenvalue weighted by Gasteiger charge is 2.29. The highest BCUT2D eigenvalue weighted by molar-refractivity contribution is 6.09. The number of amides is 1. The molecule has 3 rings (SSSR count). The molecule has 1 aromatic carbocycles. The number of rotatable bonds is 3. The normalized spacial score (nSPS) is 13.5. The third-order valence-corrected chi connectivity index (χ3v) is 4.17. The second kappa shape index (κ2) is 5.96. The average molecular weight is 327 g/mol. The van der Waals surface area contributed by atoms with Crippen molar-refractivity contribution in [3.05, 3.63) is 52.0 Å². The number of hydrogen-bond acceptors (Lipinski definition) is 4. The molecule has 1 aliphatic rings. The van der Waals surface area contributed by atoms with Gasteiger partial charge in [0, 0.05) is 18.4 Å². The Labute approximate surface area is 138 Å². The number of carbonyl (C=O) groups excluding carboxylic acids is 2. The SMILES string of the molecule is Cc1ccc(NC(=O)c2oc3c(c2C)C(=O)CCC3)c(C(=O)O)c1. The predicted molar refractivity (Wildman–Crippen MR) is 86.8 cm³/mol. The summed E-state index contributed by atoms with van der Waals surface area (Å²) < 4.78 is 5.59. The van der Waals surface area contributed by atoms with Crippen LogP contribution in [0.2, 0.25) is 0 Å². The van der Waals surface area contributed by atoms with Gasteiger partial charge in [-0.3, -0.25) is 9.59 Å². The fraction of sp³-hybridized carbons (Fsp3) is 0.278. The fourth-order valence-electron chi connectivity index (χ4n) is 2.99. The van der Waals surface area contributed by atoms with E-state index in [9.17, 15) is 19.5 Å². The Hall–Kier alpha value is -2.89. The first-order valence-electron chi connectivity index (χ1n) is 7.69. The average Bonchev–Trinajstić information content (AvgIpc) is 2.87. The molecule has 6 nitrogen and oxygen atoms in total. The van der Waals surface area contributed by atoms with Gasteiger partial charge in [-0.1, -0.05) is 11.6 Å². The molecule has 6 heteroatoms. The van der Waals surface area contributed by atoms with Gasteiger partial charge in [0.05, 0.1) is 16.8 Å². The molecule has 0 radical (unpaired) electrons. The van der Waals surface area contributed by atoms with E-state index in [0.717, 1.165) is 5.56 Å². The lowest BCUT2D eigenvalue weighted by Crippen LogP contribution is -2.15. The first-order chi connectivity index (χ1) is 11.4. The Kier molecular flexibility index (Phi) is 3.97. The lowest BCUT2D eigenvalue weighted by Gasteiger charge is -2.08. The molecule has 1 aliphatic carbocycles. The van der Waals surface area contributed by atoms with Crippen LogP contribution in [0, 0.1) is 13.8 Å². The minimum Gasteiger partial charge on any atom is -0.478 e. The van der Waals surface area contributed by atoms with Crippen molar-refractivity contribution in [1.29, 1.82) is 0 Å². The van der Waals surface area contributed by atoms with Crippen LogP contribution in [0.4, 0.5) is 5.69 Å². The molecule has 2 N–H and O–H groups in total. The van der Waals surface area contributed by atoms with Crippen LogP contribution in [0.3, 0.4) is 0 Å². The summed E-state index contributed by atoms with van der Waals surface area (Å²) in [6.07, 6.45) is 1.79. The van der Waals surface area contributed by atoms with Gasteiger partial charge in [0.2, 0.25) is 0 Å². The largest absolute Gasteiger partial charge is 0.478 e. The predicted octanol–water partition coefficient (Wildman–Crippen LogP) is 3.37. The summed E-state index contributed by atoms with van der Waals surface area (Å²) in [5.74, 6) is -1.10. The molecular formula is C18H17NO5. The zero-order valence-corrected chi connectivity index (χ0v) is 13.4. The zero-order chi connectivity index (χ0) is 17.4. The van der Waals surface area contributed by atoms with Crippen LogP contribution < -0.4 is 5.32 Å². The maximum atomic E-state index is 12.5. The molecule has 0 unspecified atom stereocenters. The van der Waals surface area contributed by atoms with Crippen LogP contribution in [0.15, 0.2) is 22.6 Å². The van der Waals surface area contributed by atoms with Crippen molar-refractivity contribution < 1.29 is 23.9 Å². The quantitative estimate of drug-likeness (QED) is 0.901. The maximum Gasteiger partial charge on any atom is 0.337 e. The molecule has 1 amide bonds. The molecule has 24 heavy (non-hydrogen) atoms. The van der Waals surface area contributed by atoms with Gasteiger partial charge in [-0.25, -0.2) is 4.79 Å². The Balaban J connectivity index is 1.95. The second-order valence-electron chi connectivity index (χ2n) is 5.94. The highest BCUT2D eigenvalue weighted by Crippen LogP contribution is 2.30. The maximum absolute atomic E-state index is 12.5. The van der Waals surface area contributed by atoms with E-state index in [2.05, 4.69) is 5.32 Å². The number of furan rings is 1. The number of aryl methyl sites for hydroxylation is 2. The molecule has 0 spiro atoms. The topological polar surface area (TPSA) is 96.6 Å². The van der Waals surface area contributed by atoms with Crippen LogP contribution >= 0.6 is 0 Å². The van der Waals surface area contributed by atoms with Gasteiger partial charge in [-0.05, 0) is 32.4 Å². The van der Waals surface area contributed by atoms with Crippen molar-refractivity contribution in [1.82, 2.24) is 0 Å². The molecule has 0 saturated carbocycles. The Morgan fingerprint density at radius 3 is 2.62 bits per heavy atom. The Bertz CT molecular complexity index is 863. The summed E-state index contributed by atoms with van der Waals surface area (Å²) >= 11 is 0. The first-order valence-corrected chi connectivity index (χ1v) is 7.69. The Morgan fingerprint density at radius 2 is 1.96 bits per heavy atom. The molecule has 1 aromatic heterocycles. The number of ketones is 1. The van der Waals surface area contributed by atoms with E-state index >= 15 is 0 Å². The summed E-state index contributed by atoms with van der Waals surface area (Å²) in [6.45, 7) is 3.45. The van der Waals surface area contributed by atoms with E-state index < -0.39 is 11.9 Å². The van der Waals surface area contributed by atoms with E-state index in [1.807, 2.05) is 0 Å². The van der Waals surface area contributed by atoms with Gasteiger partial charge in [-0.15, -0.1) is 0 Å². The summed E-state index contributed by atoms with van der Waals surface area (Å²) in [4.78, 5) is 35.9. The number of anilines is 1. The van der Waals surface area contributed by atoms with Gasteiger partial charge >= 0.3 is 5.97 Å². The summed E-state index contributed by atoms with van der Waals surface area (Å²) in [5.41, 5.74) is 1.98. The third kappa shape index (κ3) is 2.71. The lowest BCUT2D eigenvalue weighted by molar-refractivity contribution is 0.0697. The molecule has 0 atom stereocenters. The molecular weight excluding hydrogens is 310 g/mol. The standard InChI is InChI=1S/C18H17NO5/c1-9-6-7-12(11(8-9)18(22)23)19-17(21)16-10(2)15-13(20)4-3-5-14(15)24-16/h6-8H,3-5H2,1-2H3,(H,19,21)(H,22,23). The second-order valence-corrected chi connectivity index (χ2v) is 5.94. The number of carboxylic acid groups (broad SMARTS) is 1. The van der Waals surface area contributed by atoms with Gasteiger partial charge in [-0.2, -0.15) is 0 Å². The number of carbonyl (C=O) groups is 3. The number of aromatic carboxylic acids is 1. The van der Waals surface area contributed by atoms with Gasteiger partial charge < -0.3 is 14.8 Å². The van der Waals surface area contributed by atoms with Gasteiger partial charge in [0.15, 0.2) is 11.5 Å². The molecule has 0 bridgehead atoms. The number of benzene rings is 1. The number of nitrogens with one attached hydrogen (secondary N) is 1. The van der Waals surface area contributed by atoms with Crippen molar-refractivity contribution in [3.8, 4) is 0 Å². The lowest BCUT2D eigenvalue weighted by atomic mass is 9.94. The molecule has 1 heterocycles. The van der Waals surface area contributed by atoms with Crippen molar-refractivity contribution >= 4 is 23.3 Å². The molecule has 0 fully saturated rings. The summed E-state index contributed by atoms with van der Waals surface area (Å²) in [6, 6.07) is 4.74. The van der Waals surface area contributed by atoms with E-state index in [1.54, 1.807) is 26.0 Å². The van der Waals surface area contributed by atoms with Gasteiger partial charge in [0.25, 0.3) is 5.91 Å². The number of carboxylic acids is 1. The summed E-state index contributed by atoms with van der Waals surface area (Å²) in [7, 11) is 0. The van der Waals surface area contributed by atoms with Crippen molar-refractivity contribution in [2.45, 2.75) is 33.1 Å². The van der Waals surface area contributed by atoms with E-state index in [0.29, 0.717) is 36.1 Å². The van der Waals surface area contributed by atoms with E-state index in [4.69, 9.17) is 4.42 Å².